The van der Waals surface area contributed by atoms with E-state index in [2.05, 4.69) is 22.0 Å². The van der Waals surface area contributed by atoms with Crippen LogP contribution in [0.5, 0.6) is 0 Å². The third-order valence-electron chi connectivity index (χ3n) is 9.19. The van der Waals surface area contributed by atoms with Crippen LogP contribution in [-0.4, -0.2) is 42.2 Å². The SMILES string of the molecule is CCCCc1nc(C)c(CC(=S)N2CCC3CCCCC32)c(=O)n1Cc1ccc(-c2ccccc2-c2noc(=O)[nH]2)cc1. The summed E-state index contributed by atoms with van der Waals surface area (Å²) in [7, 11) is 0. The standard InChI is InChI=1S/C34H39N5O3S/c1-3-4-13-30-35-22(2)28(20-31(43)38-19-18-25-9-5-8-12-29(25)38)33(40)39(30)21-23-14-16-24(17-15-23)26-10-6-7-11-27(26)32-36-34(41)42-37-32/h6-7,10-11,14-17,25,29H,3-5,8-9,12-13,18-21H2,1-2H3,(H,36,37,41). The maximum absolute atomic E-state index is 14.1. The smallest absolute Gasteiger partial charge is 0.363 e. The Morgan fingerprint density at radius 1 is 1.05 bits per heavy atom. The highest BCUT2D eigenvalue weighted by atomic mass is 32.1. The fourth-order valence-corrected chi connectivity index (χ4v) is 7.25. The van der Waals surface area contributed by atoms with Crippen molar-refractivity contribution in [2.45, 2.75) is 84.2 Å². The van der Waals surface area contributed by atoms with E-state index in [4.69, 9.17) is 21.7 Å². The van der Waals surface area contributed by atoms with Gasteiger partial charge in [0.05, 0.1) is 11.5 Å². The van der Waals surface area contributed by atoms with Crippen molar-refractivity contribution in [2.75, 3.05) is 6.54 Å². The number of aromatic amines is 1. The fraction of sp³-hybridized carbons (Fsp3) is 0.441. The first-order valence-corrected chi connectivity index (χ1v) is 16.0. The first-order chi connectivity index (χ1) is 20.9. The minimum absolute atomic E-state index is 0.0183. The minimum Gasteiger partial charge on any atom is -0.363 e. The van der Waals surface area contributed by atoms with Crippen LogP contribution in [0.15, 0.2) is 62.6 Å². The Labute approximate surface area is 257 Å². The van der Waals surface area contributed by atoms with Gasteiger partial charge in [0.2, 0.25) is 0 Å². The zero-order valence-electron chi connectivity index (χ0n) is 25.0. The highest BCUT2D eigenvalue weighted by molar-refractivity contribution is 7.80. The van der Waals surface area contributed by atoms with Crippen molar-refractivity contribution in [1.29, 1.82) is 0 Å². The van der Waals surface area contributed by atoms with E-state index in [1.165, 1.54) is 32.1 Å². The average molecular weight is 598 g/mol. The van der Waals surface area contributed by atoms with E-state index in [9.17, 15) is 9.59 Å². The van der Waals surface area contributed by atoms with E-state index in [0.717, 1.165) is 76.0 Å². The number of fused-ring (bicyclic) bond motifs is 1. The number of nitrogens with zero attached hydrogens (tertiary/aromatic N) is 4. The molecule has 1 saturated heterocycles. The fourth-order valence-electron chi connectivity index (χ4n) is 6.88. The number of H-pyrrole nitrogens is 1. The number of hydrogen-bond donors (Lipinski definition) is 1. The second kappa shape index (κ2) is 12.8. The van der Waals surface area contributed by atoms with Crippen LogP contribution in [0.25, 0.3) is 22.5 Å². The Bertz CT molecular complexity index is 1720. The summed E-state index contributed by atoms with van der Waals surface area (Å²) < 4.78 is 6.59. The summed E-state index contributed by atoms with van der Waals surface area (Å²) in [5.41, 5.74) is 5.23. The molecule has 2 aromatic carbocycles. The Morgan fingerprint density at radius 2 is 1.81 bits per heavy atom. The normalized spacial score (nSPS) is 18.1. The van der Waals surface area contributed by atoms with Gasteiger partial charge in [0.25, 0.3) is 5.56 Å². The van der Waals surface area contributed by atoms with Gasteiger partial charge in [0.1, 0.15) is 5.82 Å². The highest BCUT2D eigenvalue weighted by Crippen LogP contribution is 2.36. The number of benzene rings is 2. The molecule has 43 heavy (non-hydrogen) atoms. The lowest BCUT2D eigenvalue weighted by molar-refractivity contribution is 0.254. The molecule has 4 aromatic rings. The average Bonchev–Trinajstić information content (AvgIpc) is 3.66. The molecule has 224 valence electrons. The Kier molecular flexibility index (Phi) is 8.70. The number of unbranched alkanes of at least 4 members (excludes halogenated alkanes) is 1. The maximum atomic E-state index is 14.1. The number of likely N-dealkylation sites (tertiary alicyclic amines) is 1. The molecule has 6 rings (SSSR count). The largest absolute Gasteiger partial charge is 0.439 e. The monoisotopic (exact) mass is 597 g/mol. The number of aryl methyl sites for hydroxylation is 2. The predicted octanol–water partition coefficient (Wildman–Crippen LogP) is 6.09. The topological polar surface area (TPSA) is 97.0 Å². The van der Waals surface area contributed by atoms with Crippen LogP contribution in [0.4, 0.5) is 0 Å². The van der Waals surface area contributed by atoms with Gasteiger partial charge in [-0.1, -0.05) is 92.1 Å². The van der Waals surface area contributed by atoms with Crippen LogP contribution in [0.1, 0.15) is 74.5 Å². The zero-order valence-corrected chi connectivity index (χ0v) is 25.8. The second-order valence-corrected chi connectivity index (χ2v) is 12.4. The molecule has 2 aliphatic rings. The summed E-state index contributed by atoms with van der Waals surface area (Å²) in [5.74, 6) is 1.37. The van der Waals surface area contributed by atoms with Crippen LogP contribution in [0.3, 0.4) is 0 Å². The third-order valence-corrected chi connectivity index (χ3v) is 9.57. The van der Waals surface area contributed by atoms with Crippen molar-refractivity contribution >= 4 is 17.2 Å². The second-order valence-electron chi connectivity index (χ2n) is 11.9. The van der Waals surface area contributed by atoms with Crippen LogP contribution >= 0.6 is 12.2 Å². The number of aromatic nitrogens is 4. The van der Waals surface area contributed by atoms with Gasteiger partial charge in [-0.05, 0) is 55.2 Å². The molecule has 1 aliphatic carbocycles. The lowest BCUT2D eigenvalue weighted by Gasteiger charge is -2.33. The first-order valence-electron chi connectivity index (χ1n) is 15.6. The highest BCUT2D eigenvalue weighted by Gasteiger charge is 2.37. The molecule has 8 nitrogen and oxygen atoms in total. The quantitative estimate of drug-likeness (QED) is 0.233. The zero-order chi connectivity index (χ0) is 29.9. The van der Waals surface area contributed by atoms with Crippen LogP contribution in [0, 0.1) is 12.8 Å². The summed E-state index contributed by atoms with van der Waals surface area (Å²) in [6, 6.07) is 16.4. The molecule has 2 aromatic heterocycles. The summed E-state index contributed by atoms with van der Waals surface area (Å²) in [5, 5.41) is 3.87. The number of hydrogen-bond acceptors (Lipinski definition) is 6. The lowest BCUT2D eigenvalue weighted by Crippen LogP contribution is -2.40. The van der Waals surface area contributed by atoms with Gasteiger partial charge in [-0.2, -0.15) is 0 Å². The number of thiocarbonyl (C=S) groups is 1. The van der Waals surface area contributed by atoms with E-state index < -0.39 is 5.76 Å². The molecule has 0 radical (unpaired) electrons. The van der Waals surface area contributed by atoms with Gasteiger partial charge in [-0.25, -0.2) is 9.78 Å². The third kappa shape index (κ3) is 6.13. The number of nitrogens with one attached hydrogen (secondary N) is 1. The predicted molar refractivity (Wildman–Crippen MR) is 172 cm³/mol. The van der Waals surface area contributed by atoms with Gasteiger partial charge >= 0.3 is 5.76 Å². The summed E-state index contributed by atoms with van der Waals surface area (Å²) >= 11 is 5.99. The van der Waals surface area contributed by atoms with E-state index >= 15 is 0 Å². The lowest BCUT2D eigenvalue weighted by atomic mass is 9.85. The van der Waals surface area contributed by atoms with Crippen molar-refractivity contribution in [3.8, 4) is 22.5 Å². The van der Waals surface area contributed by atoms with Gasteiger partial charge in [0, 0.05) is 42.2 Å². The first kappa shape index (κ1) is 29.2. The minimum atomic E-state index is -0.588. The molecule has 1 saturated carbocycles. The van der Waals surface area contributed by atoms with E-state index in [1.54, 1.807) is 0 Å². The molecule has 3 heterocycles. The molecule has 0 spiro atoms. The van der Waals surface area contributed by atoms with Crippen molar-refractivity contribution in [2.24, 2.45) is 5.92 Å². The van der Waals surface area contributed by atoms with Crippen molar-refractivity contribution in [3.63, 3.8) is 0 Å². The van der Waals surface area contributed by atoms with Crippen LogP contribution < -0.4 is 11.3 Å². The van der Waals surface area contributed by atoms with Crippen molar-refractivity contribution < 1.29 is 4.52 Å². The molecular formula is C34H39N5O3S. The van der Waals surface area contributed by atoms with Gasteiger partial charge in [-0.15, -0.1) is 0 Å². The van der Waals surface area contributed by atoms with E-state index in [1.807, 2.05) is 60.0 Å². The summed E-state index contributed by atoms with van der Waals surface area (Å²) in [6.45, 7) is 5.56. The summed E-state index contributed by atoms with van der Waals surface area (Å²) in [4.78, 5) is 36.6. The van der Waals surface area contributed by atoms with Crippen molar-refractivity contribution in [3.05, 3.63) is 92.1 Å². The van der Waals surface area contributed by atoms with E-state index in [0.29, 0.717) is 24.8 Å². The van der Waals surface area contributed by atoms with Gasteiger partial charge in [0.15, 0.2) is 5.82 Å². The van der Waals surface area contributed by atoms with Crippen LogP contribution in [-0.2, 0) is 19.4 Å². The van der Waals surface area contributed by atoms with E-state index in [-0.39, 0.29) is 5.56 Å². The molecule has 2 unspecified atom stereocenters. The van der Waals surface area contributed by atoms with Crippen molar-refractivity contribution in [1.82, 2.24) is 24.6 Å². The Balaban J connectivity index is 1.27. The van der Waals surface area contributed by atoms with Gasteiger partial charge in [-0.3, -0.25) is 18.9 Å². The molecule has 2 atom stereocenters. The maximum Gasteiger partial charge on any atom is 0.439 e. The Hall–Kier alpha value is -3.85. The molecule has 0 amide bonds. The van der Waals surface area contributed by atoms with Gasteiger partial charge < -0.3 is 4.90 Å². The molecule has 2 fully saturated rings. The molecule has 1 aliphatic heterocycles. The summed E-state index contributed by atoms with van der Waals surface area (Å²) in [6.07, 6.45) is 9.54. The Morgan fingerprint density at radius 3 is 2.56 bits per heavy atom. The molecule has 0 bridgehead atoms. The number of rotatable bonds is 9. The van der Waals surface area contributed by atoms with Crippen LogP contribution in [0.2, 0.25) is 0 Å². The molecule has 1 N–H and O–H groups in total. The molecular weight excluding hydrogens is 558 g/mol. The molecule has 9 heteroatoms.